The van der Waals surface area contributed by atoms with Gasteiger partial charge in [-0.05, 0) is 53.9 Å². The number of pyridine rings is 1. The fourth-order valence-corrected chi connectivity index (χ4v) is 3.75. The van der Waals surface area contributed by atoms with Gasteiger partial charge in [0.25, 0.3) is 11.8 Å². The van der Waals surface area contributed by atoms with E-state index in [1.165, 1.54) is 11.8 Å². The van der Waals surface area contributed by atoms with E-state index in [0.29, 0.717) is 22.0 Å². The number of aromatic nitrogens is 1. The third-order valence-electron chi connectivity index (χ3n) is 5.25. The second-order valence-corrected chi connectivity index (χ2v) is 8.01. The van der Waals surface area contributed by atoms with Crippen LogP contribution in [0.2, 0.25) is 5.02 Å². The summed E-state index contributed by atoms with van der Waals surface area (Å²) in [5.74, 6) is -1.06. The van der Waals surface area contributed by atoms with Crippen molar-refractivity contribution in [2.75, 3.05) is 10.6 Å². The molecule has 0 saturated heterocycles. The summed E-state index contributed by atoms with van der Waals surface area (Å²) in [4.78, 5) is 43.4. The minimum absolute atomic E-state index is 0.0959. The number of amides is 3. The maximum Gasteiger partial charge on any atom is 0.278 e. The Bertz CT molecular complexity index is 1270. The Balaban J connectivity index is 1.75. The van der Waals surface area contributed by atoms with Crippen molar-refractivity contribution in [2.45, 2.75) is 20.4 Å². The van der Waals surface area contributed by atoms with E-state index in [4.69, 9.17) is 11.6 Å². The first-order valence-corrected chi connectivity index (χ1v) is 10.6. The summed E-state index contributed by atoms with van der Waals surface area (Å²) in [7, 11) is 0. The van der Waals surface area contributed by atoms with E-state index < -0.39 is 11.8 Å². The molecule has 0 aliphatic carbocycles. The van der Waals surface area contributed by atoms with Gasteiger partial charge in [-0.15, -0.1) is 0 Å². The Labute approximate surface area is 196 Å². The number of anilines is 2. The van der Waals surface area contributed by atoms with Gasteiger partial charge in [-0.1, -0.05) is 35.9 Å². The number of benzene rings is 2. The van der Waals surface area contributed by atoms with Crippen molar-refractivity contribution in [3.63, 3.8) is 0 Å². The Morgan fingerprint density at radius 3 is 2.45 bits per heavy atom. The number of imide groups is 1. The molecule has 0 spiro atoms. The van der Waals surface area contributed by atoms with E-state index in [2.05, 4.69) is 15.6 Å². The van der Waals surface area contributed by atoms with Crippen molar-refractivity contribution >= 4 is 46.3 Å². The van der Waals surface area contributed by atoms with Crippen LogP contribution < -0.4 is 10.6 Å². The smallest absolute Gasteiger partial charge is 0.278 e. The maximum atomic E-state index is 13.4. The topological polar surface area (TPSA) is 91.4 Å². The van der Waals surface area contributed by atoms with Crippen LogP contribution in [0.3, 0.4) is 0 Å². The van der Waals surface area contributed by atoms with Crippen molar-refractivity contribution in [1.82, 2.24) is 9.88 Å². The molecule has 0 bridgehead atoms. The predicted molar refractivity (Wildman–Crippen MR) is 127 cm³/mol. The van der Waals surface area contributed by atoms with E-state index in [0.717, 1.165) is 11.1 Å². The zero-order valence-corrected chi connectivity index (χ0v) is 18.8. The molecule has 8 heteroatoms. The maximum absolute atomic E-state index is 13.4. The van der Waals surface area contributed by atoms with Crippen molar-refractivity contribution in [3.05, 3.63) is 94.4 Å². The Hall–Kier alpha value is -3.97. The molecule has 1 aliphatic rings. The van der Waals surface area contributed by atoms with Gasteiger partial charge in [0.1, 0.15) is 5.70 Å². The number of nitrogens with zero attached hydrogens (tertiary/aromatic N) is 2. The number of carbonyl (C=O) groups is 3. The highest BCUT2D eigenvalue weighted by Crippen LogP contribution is 2.33. The van der Waals surface area contributed by atoms with E-state index in [9.17, 15) is 14.4 Å². The second kappa shape index (κ2) is 9.26. The third kappa shape index (κ3) is 4.63. The fraction of sp³-hybridized carbons (Fsp3) is 0.120. The molecule has 2 heterocycles. The monoisotopic (exact) mass is 460 g/mol. The first-order valence-electron chi connectivity index (χ1n) is 10.2. The number of hydrogen-bond acceptors (Lipinski definition) is 5. The van der Waals surface area contributed by atoms with E-state index >= 15 is 0 Å². The third-order valence-corrected chi connectivity index (χ3v) is 5.66. The van der Waals surface area contributed by atoms with Gasteiger partial charge in [0.2, 0.25) is 5.91 Å². The minimum Gasteiger partial charge on any atom is -0.350 e. The second-order valence-electron chi connectivity index (χ2n) is 7.60. The molecule has 2 N–H and O–H groups in total. The van der Waals surface area contributed by atoms with E-state index in [1.54, 1.807) is 60.9 Å². The molecule has 1 aromatic heterocycles. The van der Waals surface area contributed by atoms with Crippen molar-refractivity contribution in [2.24, 2.45) is 0 Å². The van der Waals surface area contributed by atoms with Crippen LogP contribution in [-0.2, 0) is 20.9 Å². The molecule has 0 unspecified atom stereocenters. The van der Waals surface area contributed by atoms with Crippen LogP contribution in [0.1, 0.15) is 23.6 Å². The van der Waals surface area contributed by atoms with Crippen LogP contribution in [0.4, 0.5) is 11.4 Å². The summed E-state index contributed by atoms with van der Waals surface area (Å²) < 4.78 is 0. The van der Waals surface area contributed by atoms with Crippen LogP contribution >= 0.6 is 11.6 Å². The molecule has 166 valence electrons. The molecule has 4 rings (SSSR count). The molecular formula is C25H21ClN4O3. The van der Waals surface area contributed by atoms with Gasteiger partial charge in [0.05, 0.1) is 12.1 Å². The Kier molecular flexibility index (Phi) is 6.24. The summed E-state index contributed by atoms with van der Waals surface area (Å²) in [6.07, 6.45) is 3.25. The van der Waals surface area contributed by atoms with E-state index in [-0.39, 0.29) is 23.7 Å². The van der Waals surface area contributed by atoms with Gasteiger partial charge in [-0.25, -0.2) is 0 Å². The number of carbonyl (C=O) groups excluding carboxylic acids is 3. The highest BCUT2D eigenvalue weighted by Gasteiger charge is 2.39. The number of nitrogens with one attached hydrogen (secondary N) is 2. The predicted octanol–water partition coefficient (Wildman–Crippen LogP) is 4.39. The summed E-state index contributed by atoms with van der Waals surface area (Å²) >= 11 is 6.25. The SMILES string of the molecule is CC(=O)Nc1ccc(C2=C(Nc3cccc(Cl)c3C)C(=O)N(Cc3cccnc3)C2=O)cc1. The number of halogens is 1. The van der Waals surface area contributed by atoms with Crippen molar-refractivity contribution in [1.29, 1.82) is 0 Å². The normalized spacial score (nSPS) is 13.5. The van der Waals surface area contributed by atoms with Crippen molar-refractivity contribution < 1.29 is 14.4 Å². The van der Waals surface area contributed by atoms with Crippen LogP contribution in [0.15, 0.2) is 72.7 Å². The lowest BCUT2D eigenvalue weighted by Crippen LogP contribution is -2.32. The largest absolute Gasteiger partial charge is 0.350 e. The molecule has 3 aromatic rings. The van der Waals surface area contributed by atoms with Crippen LogP contribution in [0.25, 0.3) is 5.57 Å². The average molecular weight is 461 g/mol. The summed E-state index contributed by atoms with van der Waals surface area (Å²) in [6.45, 7) is 3.35. The highest BCUT2D eigenvalue weighted by molar-refractivity contribution is 6.36. The van der Waals surface area contributed by atoms with Crippen LogP contribution in [0, 0.1) is 6.92 Å². The minimum atomic E-state index is -0.441. The lowest BCUT2D eigenvalue weighted by molar-refractivity contribution is -0.137. The van der Waals surface area contributed by atoms with Gasteiger partial charge >= 0.3 is 0 Å². The average Bonchev–Trinajstić information content (AvgIpc) is 3.02. The van der Waals surface area contributed by atoms with Gasteiger partial charge in [-0.2, -0.15) is 0 Å². The standard InChI is InChI=1S/C25H21ClN4O3/c1-15-20(26)6-3-7-21(15)29-23-22(18-8-10-19(11-9-18)28-16(2)31)24(32)30(25(23)33)14-17-5-4-12-27-13-17/h3-13,29H,14H2,1-2H3,(H,28,31). The zero-order valence-electron chi connectivity index (χ0n) is 18.1. The molecule has 1 aliphatic heterocycles. The highest BCUT2D eigenvalue weighted by atomic mass is 35.5. The molecule has 0 fully saturated rings. The quantitative estimate of drug-likeness (QED) is 0.532. The Morgan fingerprint density at radius 1 is 1.03 bits per heavy atom. The molecule has 0 atom stereocenters. The molecule has 0 radical (unpaired) electrons. The van der Waals surface area contributed by atoms with Crippen LogP contribution in [0.5, 0.6) is 0 Å². The number of hydrogen-bond donors (Lipinski definition) is 2. The summed E-state index contributed by atoms with van der Waals surface area (Å²) in [6, 6.07) is 15.7. The molecule has 33 heavy (non-hydrogen) atoms. The number of rotatable bonds is 6. The lowest BCUT2D eigenvalue weighted by Gasteiger charge is -2.15. The molecule has 7 nitrogen and oxygen atoms in total. The molecular weight excluding hydrogens is 440 g/mol. The van der Waals surface area contributed by atoms with Crippen LogP contribution in [-0.4, -0.2) is 27.6 Å². The summed E-state index contributed by atoms with van der Waals surface area (Å²) in [5, 5.41) is 6.38. The zero-order chi connectivity index (χ0) is 23.5. The first kappa shape index (κ1) is 22.2. The molecule has 0 saturated carbocycles. The van der Waals surface area contributed by atoms with E-state index in [1.807, 2.05) is 13.0 Å². The molecule has 2 aromatic carbocycles. The fourth-order valence-electron chi connectivity index (χ4n) is 3.58. The summed E-state index contributed by atoms with van der Waals surface area (Å²) in [5.41, 5.74) is 3.69. The van der Waals surface area contributed by atoms with Gasteiger partial charge in [0.15, 0.2) is 0 Å². The lowest BCUT2D eigenvalue weighted by atomic mass is 10.0. The molecule has 3 amide bonds. The van der Waals surface area contributed by atoms with Gasteiger partial charge < -0.3 is 10.6 Å². The van der Waals surface area contributed by atoms with Crippen molar-refractivity contribution in [3.8, 4) is 0 Å². The Morgan fingerprint density at radius 2 is 1.79 bits per heavy atom. The first-order chi connectivity index (χ1) is 15.8. The van der Waals surface area contributed by atoms with Gasteiger partial charge in [-0.3, -0.25) is 24.3 Å². The van der Waals surface area contributed by atoms with Gasteiger partial charge in [0, 0.05) is 35.7 Å².